The molecule has 0 bridgehead atoms. The van der Waals surface area contributed by atoms with Crippen LogP contribution in [0.4, 0.5) is 0 Å². The van der Waals surface area contributed by atoms with Gasteiger partial charge in [-0.1, -0.05) is 6.92 Å². The number of primary amides is 1. The van der Waals surface area contributed by atoms with Crippen LogP contribution in [0.15, 0.2) is 12.1 Å². The first kappa shape index (κ1) is 47.5. The summed E-state index contributed by atoms with van der Waals surface area (Å²) in [5.74, 6) is -10.6. The number of rotatable bonds is 7. The Balaban J connectivity index is 1.85. The summed E-state index contributed by atoms with van der Waals surface area (Å²) in [6.45, 7) is 2.39. The highest BCUT2D eigenvalue weighted by atomic mass is 16.3. The number of β-amino-alcohol motifs (C(OH)–C–C–N with tert-alkyl or cyclic N) is 1. The molecule has 1 aromatic carbocycles. The van der Waals surface area contributed by atoms with Gasteiger partial charge in [0, 0.05) is 32.0 Å². The first-order valence-corrected chi connectivity index (χ1v) is 19.1. The summed E-state index contributed by atoms with van der Waals surface area (Å²) in [7, 11) is 0. The first-order chi connectivity index (χ1) is 27.9. The van der Waals surface area contributed by atoms with Gasteiger partial charge in [-0.3, -0.25) is 33.6 Å². The lowest BCUT2D eigenvalue weighted by Gasteiger charge is -2.34. The highest BCUT2D eigenvalue weighted by Gasteiger charge is 2.50. The van der Waals surface area contributed by atoms with E-state index in [9.17, 15) is 79.5 Å². The fraction of sp³-hybridized carbons (Fsp3) is 0.639. The van der Waals surface area contributed by atoms with E-state index in [1.54, 1.807) is 0 Å². The van der Waals surface area contributed by atoms with Crippen molar-refractivity contribution in [2.75, 3.05) is 19.6 Å². The average molecular weight is 855 g/mol. The summed E-state index contributed by atoms with van der Waals surface area (Å²) >= 11 is 0. The van der Waals surface area contributed by atoms with Gasteiger partial charge in [0.1, 0.15) is 42.4 Å². The van der Waals surface area contributed by atoms with Crippen molar-refractivity contribution >= 4 is 41.4 Å². The highest BCUT2D eigenvalue weighted by molar-refractivity contribution is 5.98. The maximum absolute atomic E-state index is 14.3. The van der Waals surface area contributed by atoms with Gasteiger partial charge in [0.05, 0.1) is 43.0 Å². The number of amides is 7. The molecule has 334 valence electrons. The first-order valence-electron chi connectivity index (χ1n) is 19.1. The number of hydrogen-bond acceptors (Lipinski definition) is 17. The number of fused-ring (bicyclic) bond motifs is 2. The maximum Gasteiger partial charge on any atom is 0.248 e. The molecule has 3 saturated heterocycles. The van der Waals surface area contributed by atoms with Gasteiger partial charge < -0.3 is 88.5 Å². The van der Waals surface area contributed by atoms with E-state index >= 15 is 0 Å². The van der Waals surface area contributed by atoms with Crippen molar-refractivity contribution in [1.82, 2.24) is 31.1 Å². The van der Waals surface area contributed by atoms with Crippen molar-refractivity contribution in [1.29, 1.82) is 0 Å². The lowest BCUT2D eigenvalue weighted by atomic mass is 9.95. The van der Waals surface area contributed by atoms with Crippen molar-refractivity contribution in [3.05, 3.63) is 23.3 Å². The summed E-state index contributed by atoms with van der Waals surface area (Å²) in [6.07, 6.45) is -14.9. The van der Waals surface area contributed by atoms with Crippen LogP contribution in [0.3, 0.4) is 0 Å². The van der Waals surface area contributed by atoms with Gasteiger partial charge in [-0.25, -0.2) is 0 Å². The number of aryl methyl sites for hydroxylation is 1. The third kappa shape index (κ3) is 10.6. The molecule has 24 heteroatoms. The van der Waals surface area contributed by atoms with E-state index in [4.69, 9.17) is 11.5 Å². The number of nitrogens with two attached hydrogens (primary N) is 2. The summed E-state index contributed by atoms with van der Waals surface area (Å²) < 4.78 is 0. The van der Waals surface area contributed by atoms with Gasteiger partial charge in [0.15, 0.2) is 11.5 Å². The predicted molar refractivity (Wildman–Crippen MR) is 201 cm³/mol. The fourth-order valence-corrected chi connectivity index (χ4v) is 7.45. The third-order valence-corrected chi connectivity index (χ3v) is 10.8. The van der Waals surface area contributed by atoms with Crippen molar-refractivity contribution in [3.63, 3.8) is 0 Å². The molecule has 60 heavy (non-hydrogen) atoms. The second-order valence-corrected chi connectivity index (χ2v) is 15.6. The van der Waals surface area contributed by atoms with Crippen LogP contribution in [0.2, 0.25) is 0 Å². The molecule has 0 saturated carbocycles. The van der Waals surface area contributed by atoms with Gasteiger partial charge in [0.25, 0.3) is 0 Å². The molecule has 0 aliphatic carbocycles. The molecule has 7 amide bonds. The Morgan fingerprint density at radius 1 is 0.817 bits per heavy atom. The number of phenolic OH excluding ortho intramolecular Hbond substituents is 2. The average Bonchev–Trinajstić information content (AvgIpc) is 3.71. The molecule has 17 N–H and O–H groups in total. The molecule has 3 fully saturated rings. The number of aromatic hydroxyl groups is 2. The minimum absolute atomic E-state index is 0.00169. The van der Waals surface area contributed by atoms with Crippen LogP contribution in [0.5, 0.6) is 11.5 Å². The number of hydrogen-bond donors (Lipinski definition) is 15. The Bertz CT molecular complexity index is 1800. The normalized spacial score (nSPS) is 32.3. The minimum atomic E-state index is -2.43. The summed E-state index contributed by atoms with van der Waals surface area (Å²) in [5, 5.41) is 106. The molecule has 3 heterocycles. The molecule has 0 aromatic heterocycles. The van der Waals surface area contributed by atoms with E-state index < -0.39 is 170 Å². The molecule has 4 rings (SSSR count). The summed E-state index contributed by atoms with van der Waals surface area (Å²) in [5.41, 5.74) is 11.0. The van der Waals surface area contributed by atoms with Crippen LogP contribution in [0.1, 0.15) is 50.3 Å². The molecule has 14 atom stereocenters. The zero-order valence-electron chi connectivity index (χ0n) is 32.9. The Morgan fingerprint density at radius 2 is 1.42 bits per heavy atom. The number of phenols is 2. The lowest BCUT2D eigenvalue weighted by molar-refractivity contribution is -0.148. The highest BCUT2D eigenvalue weighted by Crippen LogP contribution is 2.34. The number of carbonyl (C=O) groups excluding carboxylic acids is 7. The molecule has 0 radical (unpaired) electrons. The minimum Gasteiger partial charge on any atom is -0.504 e. The van der Waals surface area contributed by atoms with Crippen LogP contribution in [-0.4, -0.2) is 190 Å². The third-order valence-electron chi connectivity index (χ3n) is 10.8. The fourth-order valence-electron chi connectivity index (χ4n) is 7.45. The second kappa shape index (κ2) is 19.4. The number of nitrogens with one attached hydrogen (secondary N) is 4. The van der Waals surface area contributed by atoms with E-state index in [0.29, 0.717) is 0 Å². The van der Waals surface area contributed by atoms with Gasteiger partial charge in [0.2, 0.25) is 41.4 Å². The van der Waals surface area contributed by atoms with Crippen LogP contribution in [-0.2, 0) is 33.6 Å². The Labute approximate surface area is 342 Å². The van der Waals surface area contributed by atoms with Gasteiger partial charge in [-0.2, -0.15) is 0 Å². The molecule has 5 unspecified atom stereocenters. The number of carbonyl (C=O) groups is 7. The number of aliphatic hydroxyl groups is 7. The van der Waals surface area contributed by atoms with E-state index in [1.807, 2.05) is 0 Å². The Hall–Kier alpha value is -5.21. The number of benzene rings is 1. The monoisotopic (exact) mass is 854 g/mol. The van der Waals surface area contributed by atoms with Crippen LogP contribution in [0.25, 0.3) is 0 Å². The molecule has 24 nitrogen and oxygen atoms in total. The lowest BCUT2D eigenvalue weighted by Crippen LogP contribution is -2.64. The predicted octanol–water partition coefficient (Wildman–Crippen LogP) is -7.75. The molecule has 3 aliphatic rings. The largest absolute Gasteiger partial charge is 0.504 e. The van der Waals surface area contributed by atoms with Gasteiger partial charge in [-0.15, -0.1) is 0 Å². The van der Waals surface area contributed by atoms with Gasteiger partial charge in [-0.05, 0) is 43.5 Å². The van der Waals surface area contributed by atoms with Crippen molar-refractivity contribution < 1.29 is 79.5 Å². The van der Waals surface area contributed by atoms with Crippen molar-refractivity contribution in [2.45, 2.75) is 119 Å². The van der Waals surface area contributed by atoms with E-state index in [0.717, 1.165) is 28.9 Å². The van der Waals surface area contributed by atoms with Gasteiger partial charge >= 0.3 is 0 Å². The molecule has 3 aliphatic heterocycles. The summed E-state index contributed by atoms with van der Waals surface area (Å²) in [6, 6.07) is -9.42. The standard InChI is InChI=1S/C36H54N8O16/c1-12-4-15(5-21(49)27(12)51)29(53)30(54)25-33(57)41-24(20(48)8-22(38)50)36(60)44-10-13(2)28(52)26(44)34(58)39-9-16(46)6-18(37)31(55)40-23(14(3)45)35(59)43-11-17(47)7-19(43)32(56)42-25/h4-5,13-14,16-20,23-26,28-30,45-49,51-54H,6-11,37H2,1-3H3,(H2,38,50)(H,39,58)(H,40,55)(H,41,57)(H,42,56)/t13-,14+,16+,17+,18-,19?,20+,23?,24?,25?,26?,28-,29-,30-/m0/s1. The smallest absolute Gasteiger partial charge is 0.248 e. The molecule has 0 spiro atoms. The van der Waals surface area contributed by atoms with E-state index in [2.05, 4.69) is 21.3 Å². The Morgan fingerprint density at radius 3 is 2.02 bits per heavy atom. The number of nitrogens with zero attached hydrogens (tertiary/aromatic N) is 2. The maximum atomic E-state index is 14.3. The molecular weight excluding hydrogens is 800 g/mol. The Kier molecular flexibility index (Phi) is 15.4. The quantitative estimate of drug-likeness (QED) is 0.113. The second-order valence-electron chi connectivity index (χ2n) is 15.6. The van der Waals surface area contributed by atoms with Crippen LogP contribution in [0, 0.1) is 12.8 Å². The van der Waals surface area contributed by atoms with Crippen LogP contribution < -0.4 is 32.7 Å². The number of aliphatic hydroxyl groups excluding tert-OH is 7. The molecular formula is C36H54N8O16. The van der Waals surface area contributed by atoms with Crippen LogP contribution >= 0.6 is 0 Å². The zero-order chi connectivity index (χ0) is 45.1. The van der Waals surface area contributed by atoms with E-state index in [-0.39, 0.29) is 17.7 Å². The molecule has 1 aromatic rings. The summed E-state index contributed by atoms with van der Waals surface area (Å²) in [4.78, 5) is 96.6. The zero-order valence-corrected chi connectivity index (χ0v) is 32.9. The van der Waals surface area contributed by atoms with Crippen molar-refractivity contribution in [2.24, 2.45) is 17.4 Å². The van der Waals surface area contributed by atoms with Crippen molar-refractivity contribution in [3.8, 4) is 11.5 Å². The topological polar surface area (TPSA) is 408 Å². The van der Waals surface area contributed by atoms with E-state index in [1.165, 1.54) is 13.8 Å². The SMILES string of the molecule is Cc1cc([C@H](O)[C@@H](O)C2NC(=O)C3C[C@@H](O)CN3C(=O)C([C@@H](C)O)NC(=O)[C@@H](N)C[C@@H](O)CNC(=O)C3[C@@H](O)[C@@H](C)CN3C(=O)C([C@H](O)CC(N)=O)NC2=O)cc(O)c1O.